The Labute approximate surface area is 160 Å². The number of amidine groups is 1. The van der Waals surface area contributed by atoms with Crippen LogP contribution in [0.4, 0.5) is 5.69 Å². The number of nitrogens with one attached hydrogen (secondary N) is 1. The van der Waals surface area contributed by atoms with Crippen molar-refractivity contribution >= 4 is 35.2 Å². The van der Waals surface area contributed by atoms with Gasteiger partial charge in [-0.15, -0.1) is 0 Å². The number of imide groups is 1. The van der Waals surface area contributed by atoms with Crippen molar-refractivity contribution in [3.8, 4) is 0 Å². The second-order valence-corrected chi connectivity index (χ2v) is 6.37. The van der Waals surface area contributed by atoms with Gasteiger partial charge >= 0.3 is 0 Å². The summed E-state index contributed by atoms with van der Waals surface area (Å²) in [6, 6.07) is 15.5. The van der Waals surface area contributed by atoms with Gasteiger partial charge in [0.2, 0.25) is 5.91 Å². The molecule has 0 aromatic heterocycles. The fraction of sp³-hybridized carbons (Fsp3) is 0.150. The van der Waals surface area contributed by atoms with E-state index in [9.17, 15) is 19.2 Å². The van der Waals surface area contributed by atoms with Crippen LogP contribution in [0.1, 0.15) is 33.6 Å². The topological polar surface area (TPSA) is 99.2 Å². The molecule has 8 nitrogen and oxygen atoms in total. The Bertz CT molecular complexity index is 981. The molecule has 4 amide bonds. The number of fused-ring (bicyclic) bond motifs is 1. The number of rotatable bonds is 4. The van der Waals surface area contributed by atoms with Gasteiger partial charge in [-0.05, 0) is 24.3 Å². The van der Waals surface area contributed by atoms with Gasteiger partial charge in [-0.1, -0.05) is 30.3 Å². The van der Waals surface area contributed by atoms with Gasteiger partial charge in [0.25, 0.3) is 17.7 Å². The Morgan fingerprint density at radius 1 is 0.929 bits per heavy atom. The van der Waals surface area contributed by atoms with Gasteiger partial charge in [0.1, 0.15) is 5.84 Å². The molecule has 0 aliphatic carbocycles. The quantitative estimate of drug-likeness (QED) is 0.818. The SMILES string of the molecule is O=C(CCN1C(=O)c2ccccc2C1=O)NC1=NN(c2ccccc2)C(=O)C1. The Balaban J connectivity index is 1.36. The fourth-order valence-corrected chi connectivity index (χ4v) is 3.15. The van der Waals surface area contributed by atoms with Gasteiger partial charge in [-0.2, -0.15) is 10.1 Å². The fourth-order valence-electron chi connectivity index (χ4n) is 3.15. The van der Waals surface area contributed by atoms with E-state index < -0.39 is 17.7 Å². The van der Waals surface area contributed by atoms with Crippen molar-refractivity contribution in [2.45, 2.75) is 12.8 Å². The van der Waals surface area contributed by atoms with Crippen LogP contribution in [0.15, 0.2) is 59.7 Å². The van der Waals surface area contributed by atoms with E-state index in [0.717, 1.165) is 4.90 Å². The second-order valence-electron chi connectivity index (χ2n) is 6.37. The Kier molecular flexibility index (Phi) is 4.44. The van der Waals surface area contributed by atoms with Crippen LogP contribution in [0.25, 0.3) is 0 Å². The van der Waals surface area contributed by atoms with Crippen LogP contribution < -0.4 is 10.3 Å². The Morgan fingerprint density at radius 3 is 2.18 bits per heavy atom. The van der Waals surface area contributed by atoms with Gasteiger partial charge < -0.3 is 5.32 Å². The number of carbonyl (C=O) groups is 4. The molecule has 2 aliphatic rings. The standard InChI is InChI=1S/C20H16N4O4/c25-17(10-11-23-19(27)14-8-4-5-9-15(14)20(23)28)21-16-12-18(26)24(22-16)13-6-2-1-3-7-13/h1-9H,10-12H2,(H,21,22,25). The van der Waals surface area contributed by atoms with Gasteiger partial charge in [0.05, 0.1) is 23.2 Å². The highest BCUT2D eigenvalue weighted by molar-refractivity contribution is 6.21. The highest BCUT2D eigenvalue weighted by Gasteiger charge is 2.35. The van der Waals surface area contributed by atoms with Crippen LogP contribution in [0.2, 0.25) is 0 Å². The Morgan fingerprint density at radius 2 is 1.54 bits per heavy atom. The summed E-state index contributed by atoms with van der Waals surface area (Å²) < 4.78 is 0. The average molecular weight is 376 g/mol. The number of benzene rings is 2. The first-order valence-electron chi connectivity index (χ1n) is 8.75. The zero-order valence-electron chi connectivity index (χ0n) is 14.8. The van der Waals surface area contributed by atoms with E-state index in [-0.39, 0.29) is 31.1 Å². The zero-order valence-corrected chi connectivity index (χ0v) is 14.8. The minimum atomic E-state index is -0.419. The summed E-state index contributed by atoms with van der Waals surface area (Å²) >= 11 is 0. The van der Waals surface area contributed by atoms with Crippen LogP contribution in [0.5, 0.6) is 0 Å². The molecule has 28 heavy (non-hydrogen) atoms. The smallest absolute Gasteiger partial charge is 0.261 e. The van der Waals surface area contributed by atoms with Gasteiger partial charge in [-0.25, -0.2) is 0 Å². The Hall–Kier alpha value is -3.81. The van der Waals surface area contributed by atoms with Crippen molar-refractivity contribution in [3.63, 3.8) is 0 Å². The maximum absolute atomic E-state index is 12.3. The number of anilines is 1. The van der Waals surface area contributed by atoms with Crippen LogP contribution >= 0.6 is 0 Å². The summed E-state index contributed by atoms with van der Waals surface area (Å²) in [5, 5.41) is 7.96. The molecule has 0 fully saturated rings. The molecule has 1 N–H and O–H groups in total. The van der Waals surface area contributed by atoms with E-state index in [0.29, 0.717) is 16.8 Å². The van der Waals surface area contributed by atoms with Crippen molar-refractivity contribution in [3.05, 3.63) is 65.7 Å². The van der Waals surface area contributed by atoms with Gasteiger partial charge in [0, 0.05) is 13.0 Å². The lowest BCUT2D eigenvalue weighted by Crippen LogP contribution is -2.36. The summed E-state index contributed by atoms with van der Waals surface area (Å²) in [6.45, 7) is -0.0399. The van der Waals surface area contributed by atoms with Crippen molar-refractivity contribution in [1.29, 1.82) is 0 Å². The lowest BCUT2D eigenvalue weighted by Gasteiger charge is -2.13. The molecule has 0 spiro atoms. The van der Waals surface area contributed by atoms with Crippen molar-refractivity contribution in [2.75, 3.05) is 11.6 Å². The van der Waals surface area contributed by atoms with Crippen molar-refractivity contribution in [2.24, 2.45) is 5.10 Å². The third kappa shape index (κ3) is 3.16. The summed E-state index contributed by atoms with van der Waals surface area (Å²) in [5.74, 6) is -1.24. The first-order chi connectivity index (χ1) is 13.5. The highest BCUT2D eigenvalue weighted by Crippen LogP contribution is 2.22. The molecule has 8 heteroatoms. The lowest BCUT2D eigenvalue weighted by molar-refractivity contribution is -0.119. The van der Waals surface area contributed by atoms with Gasteiger partial charge in [-0.3, -0.25) is 24.1 Å². The molecule has 0 saturated heterocycles. The predicted molar refractivity (Wildman–Crippen MR) is 101 cm³/mol. The highest BCUT2D eigenvalue weighted by atomic mass is 16.2. The second kappa shape index (κ2) is 7.07. The number of para-hydroxylation sites is 1. The summed E-state index contributed by atoms with van der Waals surface area (Å²) in [4.78, 5) is 50.0. The molecule has 0 saturated carbocycles. The summed E-state index contributed by atoms with van der Waals surface area (Å²) in [7, 11) is 0. The average Bonchev–Trinajstić information content (AvgIpc) is 3.19. The minimum absolute atomic E-state index is 0.0202. The molecule has 2 aliphatic heterocycles. The van der Waals surface area contributed by atoms with Crippen LogP contribution in [0, 0.1) is 0 Å². The van der Waals surface area contributed by atoms with Crippen LogP contribution in [-0.2, 0) is 9.59 Å². The van der Waals surface area contributed by atoms with E-state index in [1.54, 1.807) is 48.5 Å². The van der Waals surface area contributed by atoms with E-state index in [4.69, 9.17) is 0 Å². The first kappa shape index (κ1) is 17.6. The molecule has 140 valence electrons. The molecule has 2 aromatic carbocycles. The molecule has 0 bridgehead atoms. The summed E-state index contributed by atoms with van der Waals surface area (Å²) in [5.41, 5.74) is 1.30. The predicted octanol–water partition coefficient (Wildman–Crippen LogP) is 1.54. The zero-order chi connectivity index (χ0) is 19.7. The van der Waals surface area contributed by atoms with Crippen molar-refractivity contribution in [1.82, 2.24) is 10.2 Å². The van der Waals surface area contributed by atoms with E-state index in [1.165, 1.54) is 5.01 Å². The maximum atomic E-state index is 12.3. The van der Waals surface area contributed by atoms with E-state index in [2.05, 4.69) is 10.4 Å². The minimum Gasteiger partial charge on any atom is -0.312 e. The largest absolute Gasteiger partial charge is 0.312 e. The molecule has 0 unspecified atom stereocenters. The monoisotopic (exact) mass is 376 g/mol. The third-order valence-corrected chi connectivity index (χ3v) is 4.50. The molecule has 2 aromatic rings. The molecule has 4 rings (SSSR count). The number of amides is 4. The lowest BCUT2D eigenvalue weighted by atomic mass is 10.1. The normalized spacial score (nSPS) is 15.7. The van der Waals surface area contributed by atoms with Gasteiger partial charge in [0.15, 0.2) is 0 Å². The van der Waals surface area contributed by atoms with Crippen LogP contribution in [-0.4, -0.2) is 40.9 Å². The number of nitrogens with zero attached hydrogens (tertiary/aromatic N) is 3. The van der Waals surface area contributed by atoms with E-state index >= 15 is 0 Å². The molecular weight excluding hydrogens is 360 g/mol. The van der Waals surface area contributed by atoms with Crippen molar-refractivity contribution < 1.29 is 19.2 Å². The molecule has 0 radical (unpaired) electrons. The number of carbonyl (C=O) groups excluding carboxylic acids is 4. The van der Waals surface area contributed by atoms with Crippen LogP contribution in [0.3, 0.4) is 0 Å². The molecule has 2 heterocycles. The maximum Gasteiger partial charge on any atom is 0.261 e. The molecule has 0 atom stereocenters. The molecular formula is C20H16N4O4. The number of hydrazone groups is 1. The number of hydrogen-bond donors (Lipinski definition) is 1. The first-order valence-corrected chi connectivity index (χ1v) is 8.75. The van der Waals surface area contributed by atoms with E-state index in [1.807, 2.05) is 6.07 Å². The summed E-state index contributed by atoms with van der Waals surface area (Å²) in [6.07, 6.45) is -0.0995. The third-order valence-electron chi connectivity index (χ3n) is 4.50. The number of hydrogen-bond acceptors (Lipinski definition) is 5.